The third-order valence-electron chi connectivity index (χ3n) is 3.41. The lowest BCUT2D eigenvalue weighted by atomic mass is 9.98. The molecule has 0 spiro atoms. The number of nitrogens with one attached hydrogen (secondary N) is 1. The fourth-order valence-corrected chi connectivity index (χ4v) is 2.31. The summed E-state index contributed by atoms with van der Waals surface area (Å²) in [6.07, 6.45) is 0.156. The van der Waals surface area contributed by atoms with E-state index in [0.29, 0.717) is 5.02 Å². The summed E-state index contributed by atoms with van der Waals surface area (Å²) < 4.78 is 18.4. The second-order valence-electron chi connectivity index (χ2n) is 5.35. The first-order chi connectivity index (χ1) is 11.5. The Morgan fingerprint density at radius 2 is 1.92 bits per heavy atom. The van der Waals surface area contributed by atoms with Crippen LogP contribution in [0.1, 0.15) is 24.8 Å². The van der Waals surface area contributed by atoms with E-state index in [1.807, 2.05) is 37.3 Å². The second-order valence-corrected chi connectivity index (χ2v) is 5.79. The van der Waals surface area contributed by atoms with Crippen molar-refractivity contribution in [3.05, 3.63) is 64.9 Å². The lowest BCUT2D eigenvalue weighted by Gasteiger charge is -2.12. The van der Waals surface area contributed by atoms with Crippen LogP contribution >= 0.6 is 11.6 Å². The molecule has 2 aromatic rings. The molecule has 0 aliphatic heterocycles. The van der Waals surface area contributed by atoms with Gasteiger partial charge < -0.3 is 10.1 Å². The van der Waals surface area contributed by atoms with Crippen LogP contribution in [0.4, 0.5) is 10.1 Å². The van der Waals surface area contributed by atoms with Crippen molar-refractivity contribution in [1.29, 1.82) is 0 Å². The number of amides is 1. The molecular weight excluding hydrogens is 333 g/mol. The summed E-state index contributed by atoms with van der Waals surface area (Å²) in [6.45, 7) is 1.42. The smallest absolute Gasteiger partial charge is 0.306 e. The molecular formula is C18H17ClFNO3. The molecule has 0 aliphatic carbocycles. The van der Waals surface area contributed by atoms with E-state index in [9.17, 15) is 14.0 Å². The van der Waals surface area contributed by atoms with Crippen LogP contribution in [0.3, 0.4) is 0 Å². The number of anilines is 1. The Morgan fingerprint density at radius 3 is 2.62 bits per heavy atom. The molecule has 0 aromatic heterocycles. The molecule has 0 unspecified atom stereocenters. The zero-order chi connectivity index (χ0) is 17.5. The fraction of sp³-hybridized carbons (Fsp3) is 0.222. The Labute approximate surface area is 144 Å². The van der Waals surface area contributed by atoms with Gasteiger partial charge in [-0.05, 0) is 29.7 Å². The molecule has 0 saturated carbocycles. The number of carbonyl (C=O) groups excluding carboxylic acids is 2. The molecule has 4 nitrogen and oxygen atoms in total. The van der Waals surface area contributed by atoms with Gasteiger partial charge in [0.15, 0.2) is 6.61 Å². The first-order valence-electron chi connectivity index (χ1n) is 7.41. The molecule has 1 atom stereocenters. The van der Waals surface area contributed by atoms with Crippen molar-refractivity contribution in [2.45, 2.75) is 19.3 Å². The summed E-state index contributed by atoms with van der Waals surface area (Å²) in [5.74, 6) is -1.76. The van der Waals surface area contributed by atoms with Gasteiger partial charge in [0, 0.05) is 5.02 Å². The Kier molecular flexibility index (Phi) is 6.32. The number of hydrogen-bond acceptors (Lipinski definition) is 3. The topological polar surface area (TPSA) is 55.4 Å². The molecule has 1 N–H and O–H groups in total. The zero-order valence-corrected chi connectivity index (χ0v) is 13.8. The molecule has 2 rings (SSSR count). The van der Waals surface area contributed by atoms with Crippen molar-refractivity contribution >= 4 is 29.2 Å². The SMILES string of the molecule is C[C@@H](CC(=O)OCC(=O)Nc1cc(Cl)ccc1F)c1ccccc1. The van der Waals surface area contributed by atoms with Crippen LogP contribution in [0, 0.1) is 5.82 Å². The highest BCUT2D eigenvalue weighted by molar-refractivity contribution is 6.30. The van der Waals surface area contributed by atoms with Gasteiger partial charge in [-0.1, -0.05) is 48.9 Å². The van der Waals surface area contributed by atoms with Gasteiger partial charge in [-0.25, -0.2) is 4.39 Å². The first kappa shape index (κ1) is 17.9. The van der Waals surface area contributed by atoms with Gasteiger partial charge in [0.05, 0.1) is 12.1 Å². The van der Waals surface area contributed by atoms with Gasteiger partial charge in [-0.3, -0.25) is 9.59 Å². The Hall–Kier alpha value is -2.40. The molecule has 1 amide bonds. The van der Waals surface area contributed by atoms with E-state index in [1.165, 1.54) is 12.1 Å². The minimum Gasteiger partial charge on any atom is -0.456 e. The van der Waals surface area contributed by atoms with E-state index in [4.69, 9.17) is 16.3 Å². The minimum absolute atomic E-state index is 0.0212. The highest BCUT2D eigenvalue weighted by Gasteiger charge is 2.14. The Morgan fingerprint density at radius 1 is 1.21 bits per heavy atom. The first-order valence-corrected chi connectivity index (χ1v) is 7.79. The maximum Gasteiger partial charge on any atom is 0.306 e. The van der Waals surface area contributed by atoms with Crippen molar-refractivity contribution in [2.75, 3.05) is 11.9 Å². The molecule has 0 heterocycles. The van der Waals surface area contributed by atoms with E-state index >= 15 is 0 Å². The number of ether oxygens (including phenoxy) is 1. The summed E-state index contributed by atoms with van der Waals surface area (Å²) in [5.41, 5.74) is 0.959. The quantitative estimate of drug-likeness (QED) is 0.797. The highest BCUT2D eigenvalue weighted by atomic mass is 35.5. The van der Waals surface area contributed by atoms with Crippen molar-refractivity contribution in [3.8, 4) is 0 Å². The summed E-state index contributed by atoms with van der Waals surface area (Å²) in [7, 11) is 0. The second kappa shape index (κ2) is 8.45. The van der Waals surface area contributed by atoms with Crippen LogP contribution in [-0.2, 0) is 14.3 Å². The third-order valence-corrected chi connectivity index (χ3v) is 3.64. The van der Waals surface area contributed by atoms with E-state index in [0.717, 1.165) is 11.6 Å². The number of benzene rings is 2. The Bertz CT molecular complexity index is 721. The average molecular weight is 350 g/mol. The van der Waals surface area contributed by atoms with Crippen LogP contribution in [0.5, 0.6) is 0 Å². The largest absolute Gasteiger partial charge is 0.456 e. The number of esters is 1. The molecule has 0 fully saturated rings. The number of halogens is 2. The van der Waals surface area contributed by atoms with Crippen LogP contribution in [-0.4, -0.2) is 18.5 Å². The summed E-state index contributed by atoms with van der Waals surface area (Å²) in [4.78, 5) is 23.5. The normalized spacial score (nSPS) is 11.6. The van der Waals surface area contributed by atoms with Crippen molar-refractivity contribution in [3.63, 3.8) is 0 Å². The molecule has 0 radical (unpaired) electrons. The maximum atomic E-state index is 13.5. The maximum absolute atomic E-state index is 13.5. The summed E-state index contributed by atoms with van der Waals surface area (Å²) in [5, 5.41) is 2.61. The molecule has 0 saturated heterocycles. The van der Waals surface area contributed by atoms with Gasteiger partial charge in [0.2, 0.25) is 0 Å². The van der Waals surface area contributed by atoms with Crippen molar-refractivity contribution in [1.82, 2.24) is 0 Å². The van der Waals surface area contributed by atoms with Gasteiger partial charge in [0.1, 0.15) is 5.82 Å². The third kappa shape index (κ3) is 5.35. The number of rotatable bonds is 6. The molecule has 6 heteroatoms. The van der Waals surface area contributed by atoms with Crippen LogP contribution in [0.2, 0.25) is 5.02 Å². The molecule has 24 heavy (non-hydrogen) atoms. The van der Waals surface area contributed by atoms with E-state index in [-0.39, 0.29) is 18.0 Å². The fourth-order valence-electron chi connectivity index (χ4n) is 2.13. The van der Waals surface area contributed by atoms with Gasteiger partial charge in [-0.2, -0.15) is 0 Å². The predicted molar refractivity (Wildman–Crippen MR) is 90.5 cm³/mol. The van der Waals surface area contributed by atoms with Crippen LogP contribution in [0.25, 0.3) is 0 Å². The number of carbonyl (C=O) groups is 2. The standard InChI is InChI=1S/C18H17ClFNO3/c1-12(13-5-3-2-4-6-13)9-18(23)24-11-17(22)21-16-10-14(19)7-8-15(16)20/h2-8,10,12H,9,11H2,1H3,(H,21,22)/t12-/m0/s1. The van der Waals surface area contributed by atoms with E-state index in [1.54, 1.807) is 0 Å². The van der Waals surface area contributed by atoms with Gasteiger partial charge >= 0.3 is 5.97 Å². The van der Waals surface area contributed by atoms with Crippen LogP contribution in [0.15, 0.2) is 48.5 Å². The average Bonchev–Trinajstić information content (AvgIpc) is 2.57. The molecule has 126 valence electrons. The highest BCUT2D eigenvalue weighted by Crippen LogP contribution is 2.20. The monoisotopic (exact) mass is 349 g/mol. The molecule has 0 aliphatic rings. The van der Waals surface area contributed by atoms with E-state index in [2.05, 4.69) is 5.32 Å². The van der Waals surface area contributed by atoms with Crippen LogP contribution < -0.4 is 5.32 Å². The van der Waals surface area contributed by atoms with E-state index < -0.39 is 24.3 Å². The van der Waals surface area contributed by atoms with Gasteiger partial charge in [-0.15, -0.1) is 0 Å². The minimum atomic E-state index is -0.628. The predicted octanol–water partition coefficient (Wildman–Crippen LogP) is 4.15. The lowest BCUT2D eigenvalue weighted by Crippen LogP contribution is -2.22. The molecule has 2 aromatic carbocycles. The van der Waals surface area contributed by atoms with Crippen molar-refractivity contribution < 1.29 is 18.7 Å². The summed E-state index contributed by atoms with van der Waals surface area (Å²) in [6, 6.07) is 13.3. The van der Waals surface area contributed by atoms with Crippen molar-refractivity contribution in [2.24, 2.45) is 0 Å². The Balaban J connectivity index is 1.81. The number of hydrogen-bond donors (Lipinski definition) is 1. The molecule has 0 bridgehead atoms. The lowest BCUT2D eigenvalue weighted by molar-refractivity contribution is -0.147. The van der Waals surface area contributed by atoms with Gasteiger partial charge in [0.25, 0.3) is 5.91 Å². The summed E-state index contributed by atoms with van der Waals surface area (Å²) >= 11 is 5.74. The zero-order valence-electron chi connectivity index (χ0n) is 13.1.